The van der Waals surface area contributed by atoms with E-state index >= 15 is 0 Å². The molecule has 0 saturated carbocycles. The average Bonchev–Trinajstić information content (AvgIpc) is 2.42. The van der Waals surface area contributed by atoms with Gasteiger partial charge < -0.3 is 24.7 Å². The number of aliphatic carboxylic acids is 1. The molecule has 0 radical (unpaired) electrons. The third-order valence-corrected chi connectivity index (χ3v) is 2.67. The van der Waals surface area contributed by atoms with Gasteiger partial charge in [-0.1, -0.05) is 13.8 Å². The number of ether oxygens (including phenoxy) is 2. The van der Waals surface area contributed by atoms with Gasteiger partial charge in [-0.3, -0.25) is 4.79 Å². The Morgan fingerprint density at radius 2 is 1.75 bits per heavy atom. The fraction of sp³-hybridized carbons (Fsp3) is 0.429. The molecule has 20 heavy (non-hydrogen) atoms. The van der Waals surface area contributed by atoms with Crippen molar-refractivity contribution < 1.29 is 24.2 Å². The van der Waals surface area contributed by atoms with Crippen molar-refractivity contribution in [3.63, 3.8) is 0 Å². The Bertz CT molecular complexity index is 455. The molecule has 0 aliphatic heterocycles. The molecule has 6 nitrogen and oxygen atoms in total. The summed E-state index contributed by atoms with van der Waals surface area (Å²) in [5, 5.41) is 13.2. The second-order valence-electron chi connectivity index (χ2n) is 4.57. The Balaban J connectivity index is 2.47. The first kappa shape index (κ1) is 15.8. The molecular weight excluding hydrogens is 262 g/mol. The number of carboxylic acid groups (broad SMARTS) is 1. The van der Waals surface area contributed by atoms with Crippen molar-refractivity contribution >= 4 is 11.9 Å². The van der Waals surface area contributed by atoms with Crippen LogP contribution in [-0.2, 0) is 9.59 Å². The van der Waals surface area contributed by atoms with Crippen molar-refractivity contribution in [2.24, 2.45) is 5.92 Å². The van der Waals surface area contributed by atoms with Crippen LogP contribution in [0.1, 0.15) is 13.8 Å². The summed E-state index contributed by atoms with van der Waals surface area (Å²) in [6.07, 6.45) is 0. The number of amides is 1. The van der Waals surface area contributed by atoms with Crippen LogP contribution in [0.4, 0.5) is 0 Å². The highest BCUT2D eigenvalue weighted by molar-refractivity contribution is 5.83. The van der Waals surface area contributed by atoms with Crippen molar-refractivity contribution in [3.05, 3.63) is 24.3 Å². The van der Waals surface area contributed by atoms with E-state index in [1.807, 2.05) is 0 Å². The predicted octanol–water partition coefficient (Wildman–Crippen LogP) is -0.0353. The van der Waals surface area contributed by atoms with Gasteiger partial charge in [-0.05, 0) is 30.2 Å². The Morgan fingerprint density at radius 3 is 2.20 bits per heavy atom. The lowest BCUT2D eigenvalue weighted by molar-refractivity contribution is -0.309. The van der Waals surface area contributed by atoms with E-state index in [0.717, 1.165) is 0 Å². The summed E-state index contributed by atoms with van der Waals surface area (Å²) in [4.78, 5) is 22.4. The second-order valence-corrected chi connectivity index (χ2v) is 4.57. The molecule has 1 rings (SSSR count). The molecule has 0 heterocycles. The topological polar surface area (TPSA) is 87.7 Å². The van der Waals surface area contributed by atoms with Crippen molar-refractivity contribution in [2.45, 2.75) is 19.9 Å². The summed E-state index contributed by atoms with van der Waals surface area (Å²) >= 11 is 0. The standard InChI is InChI=1S/C14H19NO5/c1-9(2)13(14(17)18)15-12(16)8-20-11-6-4-10(19-3)5-7-11/h4-7,9,13H,8H2,1-3H3,(H,15,16)(H,17,18)/p-1/t13-/m0/s1. The lowest BCUT2D eigenvalue weighted by Crippen LogP contribution is -2.51. The number of hydrogen-bond donors (Lipinski definition) is 1. The number of carboxylic acids is 1. The monoisotopic (exact) mass is 280 g/mol. The molecule has 0 aliphatic rings. The third-order valence-electron chi connectivity index (χ3n) is 2.67. The minimum absolute atomic E-state index is 0.259. The van der Waals surface area contributed by atoms with Crippen LogP contribution in [0.25, 0.3) is 0 Å². The Hall–Kier alpha value is -2.24. The summed E-state index contributed by atoms with van der Waals surface area (Å²) in [5.74, 6) is -0.902. The van der Waals surface area contributed by atoms with E-state index in [0.29, 0.717) is 11.5 Å². The van der Waals surface area contributed by atoms with E-state index in [4.69, 9.17) is 9.47 Å². The SMILES string of the molecule is COc1ccc(OCC(=O)N[C@H](C(=O)[O-])C(C)C)cc1. The normalized spacial score (nSPS) is 11.8. The molecule has 0 aliphatic carbocycles. The molecule has 0 aromatic heterocycles. The maximum atomic E-state index is 11.6. The zero-order valence-electron chi connectivity index (χ0n) is 11.7. The van der Waals surface area contributed by atoms with Gasteiger partial charge in [-0.25, -0.2) is 0 Å². The van der Waals surface area contributed by atoms with E-state index in [9.17, 15) is 14.7 Å². The zero-order chi connectivity index (χ0) is 15.1. The molecule has 0 fully saturated rings. The van der Waals surface area contributed by atoms with Gasteiger partial charge in [-0.2, -0.15) is 0 Å². The summed E-state index contributed by atoms with van der Waals surface area (Å²) in [6.45, 7) is 3.11. The molecule has 1 aromatic rings. The Morgan fingerprint density at radius 1 is 1.20 bits per heavy atom. The van der Waals surface area contributed by atoms with Crippen molar-refractivity contribution in [2.75, 3.05) is 13.7 Å². The maximum Gasteiger partial charge on any atom is 0.258 e. The molecule has 1 N–H and O–H groups in total. The lowest BCUT2D eigenvalue weighted by atomic mass is 10.1. The molecule has 0 bridgehead atoms. The fourth-order valence-corrected chi connectivity index (χ4v) is 1.53. The average molecular weight is 280 g/mol. The van der Waals surface area contributed by atoms with Crippen LogP contribution in [-0.4, -0.2) is 31.6 Å². The molecule has 1 aromatic carbocycles. The number of carbonyl (C=O) groups is 2. The minimum Gasteiger partial charge on any atom is -0.548 e. The number of rotatable bonds is 7. The van der Waals surface area contributed by atoms with E-state index in [-0.39, 0.29) is 12.5 Å². The fourth-order valence-electron chi connectivity index (χ4n) is 1.53. The van der Waals surface area contributed by atoms with Crippen LogP contribution in [0.3, 0.4) is 0 Å². The largest absolute Gasteiger partial charge is 0.548 e. The van der Waals surface area contributed by atoms with Gasteiger partial charge in [0.1, 0.15) is 11.5 Å². The van der Waals surface area contributed by atoms with E-state index in [1.165, 1.54) is 0 Å². The van der Waals surface area contributed by atoms with Gasteiger partial charge in [0.15, 0.2) is 6.61 Å². The lowest BCUT2D eigenvalue weighted by Gasteiger charge is -2.23. The summed E-state index contributed by atoms with van der Waals surface area (Å²) in [6, 6.07) is 5.69. The quantitative estimate of drug-likeness (QED) is 0.757. The summed E-state index contributed by atoms with van der Waals surface area (Å²) in [7, 11) is 1.55. The van der Waals surface area contributed by atoms with E-state index in [1.54, 1.807) is 45.2 Å². The smallest absolute Gasteiger partial charge is 0.258 e. The van der Waals surface area contributed by atoms with Gasteiger partial charge in [-0.15, -0.1) is 0 Å². The number of hydrogen-bond acceptors (Lipinski definition) is 5. The molecule has 0 saturated heterocycles. The van der Waals surface area contributed by atoms with Crippen molar-refractivity contribution in [3.8, 4) is 11.5 Å². The third kappa shape index (κ3) is 4.79. The van der Waals surface area contributed by atoms with Gasteiger partial charge >= 0.3 is 0 Å². The van der Waals surface area contributed by atoms with Crippen LogP contribution in [0.15, 0.2) is 24.3 Å². The van der Waals surface area contributed by atoms with Gasteiger partial charge in [0.2, 0.25) is 0 Å². The maximum absolute atomic E-state index is 11.6. The van der Waals surface area contributed by atoms with E-state index in [2.05, 4.69) is 5.32 Å². The first-order chi connectivity index (χ1) is 9.43. The van der Waals surface area contributed by atoms with E-state index < -0.39 is 17.9 Å². The Labute approximate surface area is 117 Å². The number of methoxy groups -OCH3 is 1. The van der Waals surface area contributed by atoms with Crippen molar-refractivity contribution in [1.29, 1.82) is 0 Å². The highest BCUT2D eigenvalue weighted by atomic mass is 16.5. The van der Waals surface area contributed by atoms with Crippen LogP contribution in [0.2, 0.25) is 0 Å². The zero-order valence-corrected chi connectivity index (χ0v) is 11.7. The van der Waals surface area contributed by atoms with Crippen molar-refractivity contribution in [1.82, 2.24) is 5.32 Å². The highest BCUT2D eigenvalue weighted by Crippen LogP contribution is 2.16. The van der Waals surface area contributed by atoms with Crippen LogP contribution < -0.4 is 19.9 Å². The Kier molecular flexibility index (Phi) is 5.83. The molecule has 1 atom stereocenters. The number of carbonyl (C=O) groups excluding carboxylic acids is 2. The van der Waals surface area contributed by atoms with Gasteiger partial charge in [0.25, 0.3) is 5.91 Å². The molecule has 1 amide bonds. The van der Waals surface area contributed by atoms with Gasteiger partial charge in [0, 0.05) is 0 Å². The highest BCUT2D eigenvalue weighted by Gasteiger charge is 2.17. The predicted molar refractivity (Wildman–Crippen MR) is 70.3 cm³/mol. The van der Waals surface area contributed by atoms with Crippen LogP contribution in [0.5, 0.6) is 11.5 Å². The molecule has 0 unspecified atom stereocenters. The summed E-state index contributed by atoms with van der Waals surface area (Å²) in [5.41, 5.74) is 0. The van der Waals surface area contributed by atoms with Gasteiger partial charge in [0.05, 0.1) is 19.1 Å². The first-order valence-corrected chi connectivity index (χ1v) is 6.21. The second kappa shape index (κ2) is 7.37. The van der Waals surface area contributed by atoms with Crippen LogP contribution >= 0.6 is 0 Å². The van der Waals surface area contributed by atoms with Crippen LogP contribution in [0, 0.1) is 5.92 Å². The molecule has 6 heteroatoms. The first-order valence-electron chi connectivity index (χ1n) is 6.21. The number of benzene rings is 1. The molecule has 110 valence electrons. The minimum atomic E-state index is -1.31. The summed E-state index contributed by atoms with van der Waals surface area (Å²) < 4.78 is 10.2. The number of nitrogens with one attached hydrogen (secondary N) is 1. The molecule has 0 spiro atoms. The molecular formula is C14H18NO5-.